The molecule has 0 aliphatic carbocycles. The fourth-order valence-electron chi connectivity index (χ4n) is 2.61. The van der Waals surface area contributed by atoms with Gasteiger partial charge in [0.15, 0.2) is 6.10 Å². The number of allylic oxidation sites excluding steroid dienone is 1. The van der Waals surface area contributed by atoms with Gasteiger partial charge in [-0.25, -0.2) is 4.79 Å². The first-order chi connectivity index (χ1) is 9.87. The number of hydrogen-bond acceptors (Lipinski definition) is 6. The molecule has 0 bridgehead atoms. The van der Waals surface area contributed by atoms with Crippen LogP contribution < -0.4 is 0 Å². The summed E-state index contributed by atoms with van der Waals surface area (Å²) >= 11 is 0. The molecule has 6 nitrogen and oxygen atoms in total. The van der Waals surface area contributed by atoms with E-state index in [1.54, 1.807) is 27.7 Å². The SMILES string of the molecule is CCOC(=O)CC1(C)CC(C#N)OC(C)=C1C(=O)OCC. The lowest BCUT2D eigenvalue weighted by molar-refractivity contribution is -0.147. The first-order valence-corrected chi connectivity index (χ1v) is 6.98. The third kappa shape index (κ3) is 3.97. The van der Waals surface area contributed by atoms with E-state index in [4.69, 9.17) is 19.5 Å². The van der Waals surface area contributed by atoms with Crippen LogP contribution in [0.1, 0.15) is 40.5 Å². The van der Waals surface area contributed by atoms with E-state index in [0.717, 1.165) is 0 Å². The van der Waals surface area contributed by atoms with Crippen molar-refractivity contribution in [3.8, 4) is 6.07 Å². The van der Waals surface area contributed by atoms with E-state index in [1.165, 1.54) is 0 Å². The number of carbonyl (C=O) groups excluding carboxylic acids is 2. The minimum atomic E-state index is -0.832. The average molecular weight is 295 g/mol. The van der Waals surface area contributed by atoms with Crippen molar-refractivity contribution in [2.45, 2.75) is 46.6 Å². The van der Waals surface area contributed by atoms with Gasteiger partial charge in [-0.15, -0.1) is 0 Å². The average Bonchev–Trinajstić information content (AvgIpc) is 2.37. The maximum Gasteiger partial charge on any atom is 0.337 e. The second kappa shape index (κ2) is 7.11. The molecular formula is C15H21NO5. The molecule has 0 aromatic carbocycles. The third-order valence-electron chi connectivity index (χ3n) is 3.37. The molecule has 0 saturated carbocycles. The molecule has 0 aromatic rings. The van der Waals surface area contributed by atoms with Crippen LogP contribution >= 0.6 is 0 Å². The molecule has 1 rings (SSSR count). The molecule has 2 atom stereocenters. The molecule has 0 aromatic heterocycles. The first kappa shape index (κ1) is 17.0. The van der Waals surface area contributed by atoms with Crippen LogP contribution in [0.2, 0.25) is 0 Å². The maximum atomic E-state index is 12.2. The molecule has 0 fully saturated rings. The molecule has 2 unspecified atom stereocenters. The van der Waals surface area contributed by atoms with E-state index in [1.807, 2.05) is 6.07 Å². The summed E-state index contributed by atoms with van der Waals surface area (Å²) in [6.07, 6.45) is -0.440. The van der Waals surface area contributed by atoms with Crippen molar-refractivity contribution in [1.82, 2.24) is 0 Å². The van der Waals surface area contributed by atoms with E-state index in [9.17, 15) is 9.59 Å². The second-order valence-corrected chi connectivity index (χ2v) is 5.13. The predicted molar refractivity (Wildman–Crippen MR) is 73.8 cm³/mol. The molecule has 21 heavy (non-hydrogen) atoms. The zero-order chi connectivity index (χ0) is 16.0. The number of nitriles is 1. The molecule has 1 aliphatic heterocycles. The normalized spacial score (nSPS) is 24.8. The van der Waals surface area contributed by atoms with E-state index in [0.29, 0.717) is 11.3 Å². The van der Waals surface area contributed by atoms with Crippen molar-refractivity contribution < 1.29 is 23.8 Å². The Kier molecular flexibility index (Phi) is 5.77. The first-order valence-electron chi connectivity index (χ1n) is 6.98. The summed E-state index contributed by atoms with van der Waals surface area (Å²) in [6.45, 7) is 7.29. The highest BCUT2D eigenvalue weighted by molar-refractivity contribution is 5.91. The topological polar surface area (TPSA) is 85.6 Å². The van der Waals surface area contributed by atoms with E-state index in [-0.39, 0.29) is 26.1 Å². The highest BCUT2D eigenvalue weighted by Gasteiger charge is 2.44. The Balaban J connectivity index is 3.14. The van der Waals surface area contributed by atoms with Crippen molar-refractivity contribution in [1.29, 1.82) is 5.26 Å². The number of carbonyl (C=O) groups is 2. The Morgan fingerprint density at radius 3 is 2.52 bits per heavy atom. The molecule has 0 spiro atoms. The fraction of sp³-hybridized carbons (Fsp3) is 0.667. The number of nitrogens with zero attached hydrogens (tertiary/aromatic N) is 1. The van der Waals surface area contributed by atoms with Crippen molar-refractivity contribution in [2.24, 2.45) is 5.41 Å². The predicted octanol–water partition coefficient (Wildman–Crippen LogP) is 2.10. The molecule has 0 radical (unpaired) electrons. The number of ether oxygens (including phenoxy) is 3. The van der Waals surface area contributed by atoms with Gasteiger partial charge >= 0.3 is 11.9 Å². The molecule has 116 valence electrons. The standard InChI is InChI=1S/C15H21NO5/c1-5-19-12(17)8-15(4)7-11(9-16)21-10(3)13(15)14(18)20-6-2/h11H,5-8H2,1-4H3. The van der Waals surface area contributed by atoms with Crippen LogP contribution in [-0.2, 0) is 23.8 Å². The van der Waals surface area contributed by atoms with E-state index in [2.05, 4.69) is 0 Å². The van der Waals surface area contributed by atoms with Gasteiger partial charge in [-0.05, 0) is 20.8 Å². The summed E-state index contributed by atoms with van der Waals surface area (Å²) in [6, 6.07) is 2.03. The Morgan fingerprint density at radius 2 is 2.00 bits per heavy atom. The van der Waals surface area contributed by atoms with Gasteiger partial charge in [0.05, 0.1) is 25.2 Å². The van der Waals surface area contributed by atoms with Gasteiger partial charge < -0.3 is 14.2 Å². The van der Waals surface area contributed by atoms with Crippen LogP contribution in [0.5, 0.6) is 0 Å². The number of esters is 2. The van der Waals surface area contributed by atoms with Crippen molar-refractivity contribution >= 4 is 11.9 Å². The highest BCUT2D eigenvalue weighted by atomic mass is 16.5. The Morgan fingerprint density at radius 1 is 1.38 bits per heavy atom. The second-order valence-electron chi connectivity index (χ2n) is 5.13. The summed E-state index contributed by atoms with van der Waals surface area (Å²) < 4.78 is 15.4. The lowest BCUT2D eigenvalue weighted by atomic mass is 9.72. The number of hydrogen-bond donors (Lipinski definition) is 0. The lowest BCUT2D eigenvalue weighted by Crippen LogP contribution is -2.38. The van der Waals surface area contributed by atoms with Crippen LogP contribution in [0.15, 0.2) is 11.3 Å². The fourth-order valence-corrected chi connectivity index (χ4v) is 2.61. The zero-order valence-corrected chi connectivity index (χ0v) is 12.9. The molecule has 1 aliphatic rings. The summed E-state index contributed by atoms with van der Waals surface area (Å²) in [5, 5.41) is 9.08. The summed E-state index contributed by atoms with van der Waals surface area (Å²) in [7, 11) is 0. The Bertz CT molecular complexity index is 491. The Labute approximate surface area is 124 Å². The highest BCUT2D eigenvalue weighted by Crippen LogP contribution is 2.43. The monoisotopic (exact) mass is 295 g/mol. The molecule has 6 heteroatoms. The summed E-state index contributed by atoms with van der Waals surface area (Å²) in [5.74, 6) is -0.593. The van der Waals surface area contributed by atoms with Crippen molar-refractivity contribution in [3.05, 3.63) is 11.3 Å². The van der Waals surface area contributed by atoms with Gasteiger partial charge in [0.1, 0.15) is 11.8 Å². The summed E-state index contributed by atoms with van der Waals surface area (Å²) in [4.78, 5) is 24.0. The molecule has 0 amide bonds. The largest absolute Gasteiger partial charge is 0.480 e. The van der Waals surface area contributed by atoms with Crippen LogP contribution in [0.4, 0.5) is 0 Å². The minimum Gasteiger partial charge on any atom is -0.480 e. The quantitative estimate of drug-likeness (QED) is 0.722. The maximum absolute atomic E-state index is 12.2. The van der Waals surface area contributed by atoms with Crippen LogP contribution in [0.3, 0.4) is 0 Å². The van der Waals surface area contributed by atoms with Crippen LogP contribution in [0, 0.1) is 16.7 Å². The van der Waals surface area contributed by atoms with Gasteiger partial charge in [0, 0.05) is 11.8 Å². The van der Waals surface area contributed by atoms with E-state index >= 15 is 0 Å². The van der Waals surface area contributed by atoms with Gasteiger partial charge in [0.25, 0.3) is 0 Å². The van der Waals surface area contributed by atoms with Crippen molar-refractivity contribution in [2.75, 3.05) is 13.2 Å². The third-order valence-corrected chi connectivity index (χ3v) is 3.37. The zero-order valence-electron chi connectivity index (χ0n) is 12.9. The minimum absolute atomic E-state index is 0.00781. The van der Waals surface area contributed by atoms with Gasteiger partial charge in [0.2, 0.25) is 0 Å². The van der Waals surface area contributed by atoms with Crippen LogP contribution in [0.25, 0.3) is 0 Å². The van der Waals surface area contributed by atoms with Gasteiger partial charge in [-0.2, -0.15) is 5.26 Å². The number of rotatable bonds is 5. The summed E-state index contributed by atoms with van der Waals surface area (Å²) in [5.41, 5.74) is -0.523. The Hall–Kier alpha value is -2.03. The molecule has 0 saturated heterocycles. The smallest absolute Gasteiger partial charge is 0.337 e. The molecule has 1 heterocycles. The van der Waals surface area contributed by atoms with Crippen molar-refractivity contribution in [3.63, 3.8) is 0 Å². The van der Waals surface area contributed by atoms with E-state index < -0.39 is 23.5 Å². The van der Waals surface area contributed by atoms with Gasteiger partial charge in [-0.1, -0.05) is 6.92 Å². The van der Waals surface area contributed by atoms with Crippen LogP contribution in [-0.4, -0.2) is 31.3 Å². The van der Waals surface area contributed by atoms with Gasteiger partial charge in [-0.3, -0.25) is 4.79 Å². The molecular weight excluding hydrogens is 274 g/mol. The lowest BCUT2D eigenvalue weighted by Gasteiger charge is -2.37. The molecule has 0 N–H and O–H groups in total.